The van der Waals surface area contributed by atoms with Crippen molar-refractivity contribution in [2.45, 2.75) is 13.8 Å². The predicted octanol–water partition coefficient (Wildman–Crippen LogP) is 1.82. The van der Waals surface area contributed by atoms with Gasteiger partial charge < -0.3 is 0 Å². The summed E-state index contributed by atoms with van der Waals surface area (Å²) in [7, 11) is 6.08. The molecule has 0 aliphatic carbocycles. The van der Waals surface area contributed by atoms with Gasteiger partial charge in [0, 0.05) is 5.69 Å². The average Bonchev–Trinajstić information content (AvgIpc) is 2.01. The summed E-state index contributed by atoms with van der Waals surface area (Å²) in [6.07, 6.45) is 0. The number of rotatable bonds is 2. The normalized spacial score (nSPS) is 13.1. The minimum atomic E-state index is 0.571. The molecular weight excluding hydrogens is 174 g/mol. The Bertz CT molecular complexity index is 348. The lowest BCUT2D eigenvalue weighted by molar-refractivity contribution is -0.877. The van der Waals surface area contributed by atoms with Crippen molar-refractivity contribution in [3.63, 3.8) is 0 Å². The second-order valence-electron chi connectivity index (χ2n) is 4.29. The second kappa shape index (κ2) is 3.88. The number of pyridine rings is 1. The van der Waals surface area contributed by atoms with E-state index in [0.29, 0.717) is 4.59 Å². The minimum Gasteiger partial charge on any atom is -0.252 e. The van der Waals surface area contributed by atoms with Crippen LogP contribution in [0.1, 0.15) is 18.3 Å². The molecule has 0 aliphatic rings. The van der Waals surface area contributed by atoms with Crippen molar-refractivity contribution in [1.82, 2.24) is 4.98 Å². The number of hydrogen-bond donors (Lipinski definition) is 0. The highest BCUT2D eigenvalue weighted by atomic mass is 15.6. The molecule has 0 atom stereocenters. The Hall–Kier alpha value is -1.22. The maximum atomic E-state index is 4.51. The van der Waals surface area contributed by atoms with Crippen molar-refractivity contribution < 1.29 is 4.59 Å². The zero-order chi connectivity index (χ0) is 10.8. The fourth-order valence-corrected chi connectivity index (χ4v) is 1.25. The van der Waals surface area contributed by atoms with Crippen LogP contribution in [0.4, 0.5) is 0 Å². The third-order valence-electron chi connectivity index (χ3n) is 1.71. The predicted molar refractivity (Wildman–Crippen MR) is 59.2 cm³/mol. The molecule has 1 heterocycles. The van der Waals surface area contributed by atoms with Crippen LogP contribution in [0.3, 0.4) is 0 Å². The molecule has 0 bridgehead atoms. The smallest absolute Gasteiger partial charge is 0.118 e. The maximum Gasteiger partial charge on any atom is 0.118 e. The van der Waals surface area contributed by atoms with Gasteiger partial charge in [-0.3, -0.25) is 4.98 Å². The molecule has 0 amide bonds. The summed E-state index contributed by atoms with van der Waals surface area (Å²) >= 11 is 0. The molecule has 3 heteroatoms. The number of quaternary nitrogens is 1. The molecule has 0 aliphatic heterocycles. The highest BCUT2D eigenvalue weighted by molar-refractivity contribution is 5.96. The Balaban J connectivity index is 3.01. The SMILES string of the molecule is C/C(=N\[N+](C)(C)C)c1cccc(C)n1. The van der Waals surface area contributed by atoms with Gasteiger partial charge >= 0.3 is 0 Å². The molecule has 3 nitrogen and oxygen atoms in total. The first-order valence-electron chi connectivity index (χ1n) is 4.71. The Morgan fingerprint density at radius 1 is 1.29 bits per heavy atom. The van der Waals surface area contributed by atoms with Gasteiger partial charge in [0.1, 0.15) is 5.71 Å². The quantitative estimate of drug-likeness (QED) is 0.398. The molecule has 0 saturated carbocycles. The summed E-state index contributed by atoms with van der Waals surface area (Å²) in [6, 6.07) is 5.98. The maximum absolute atomic E-state index is 4.51. The Morgan fingerprint density at radius 3 is 2.43 bits per heavy atom. The lowest BCUT2D eigenvalue weighted by atomic mass is 10.2. The molecule has 1 aromatic heterocycles. The highest BCUT2D eigenvalue weighted by Gasteiger charge is 2.07. The van der Waals surface area contributed by atoms with Gasteiger partial charge in [-0.15, -0.1) is 0 Å². The topological polar surface area (TPSA) is 25.2 Å². The van der Waals surface area contributed by atoms with Crippen molar-refractivity contribution in [2.75, 3.05) is 21.1 Å². The van der Waals surface area contributed by atoms with E-state index in [1.165, 1.54) is 0 Å². The van der Waals surface area contributed by atoms with Gasteiger partial charge in [-0.05, 0) is 26.0 Å². The molecule has 1 rings (SSSR count). The molecule has 0 saturated heterocycles. The summed E-state index contributed by atoms with van der Waals surface area (Å²) in [5, 5.41) is 4.51. The number of aromatic nitrogens is 1. The van der Waals surface area contributed by atoms with Crippen LogP contribution in [0.15, 0.2) is 23.3 Å². The van der Waals surface area contributed by atoms with Gasteiger partial charge in [0.15, 0.2) is 0 Å². The van der Waals surface area contributed by atoms with Crippen molar-refractivity contribution in [3.8, 4) is 0 Å². The summed E-state index contributed by atoms with van der Waals surface area (Å²) < 4.78 is 0.571. The van der Waals surface area contributed by atoms with Crippen LogP contribution < -0.4 is 0 Å². The standard InChI is InChI=1S/C11H18N3/c1-9-7-6-8-11(12-9)10(2)13-14(3,4)5/h6-8H,1-5H3/q+1/b13-10+. The van der Waals surface area contributed by atoms with E-state index >= 15 is 0 Å². The van der Waals surface area contributed by atoms with Crippen molar-refractivity contribution in [1.29, 1.82) is 0 Å². The summed E-state index contributed by atoms with van der Waals surface area (Å²) in [5.74, 6) is 0. The van der Waals surface area contributed by atoms with Crippen molar-refractivity contribution >= 4 is 5.71 Å². The minimum absolute atomic E-state index is 0.571. The van der Waals surface area contributed by atoms with Crippen LogP contribution in [0.25, 0.3) is 0 Å². The van der Waals surface area contributed by atoms with Crippen molar-refractivity contribution in [3.05, 3.63) is 29.6 Å². The molecule has 0 N–H and O–H groups in total. The van der Waals surface area contributed by atoms with E-state index in [2.05, 4.69) is 10.1 Å². The Morgan fingerprint density at radius 2 is 1.93 bits per heavy atom. The molecule has 0 fully saturated rings. The first-order chi connectivity index (χ1) is 6.38. The summed E-state index contributed by atoms with van der Waals surface area (Å²) in [4.78, 5) is 4.42. The second-order valence-corrected chi connectivity index (χ2v) is 4.29. The molecule has 14 heavy (non-hydrogen) atoms. The third-order valence-corrected chi connectivity index (χ3v) is 1.71. The van der Waals surface area contributed by atoms with Gasteiger partial charge in [0.25, 0.3) is 0 Å². The lowest BCUT2D eigenvalue weighted by Crippen LogP contribution is -2.29. The molecule has 0 unspecified atom stereocenters. The number of hydrogen-bond acceptors (Lipinski definition) is 2. The van der Waals surface area contributed by atoms with Gasteiger partial charge in [-0.1, -0.05) is 11.2 Å². The van der Waals surface area contributed by atoms with E-state index in [1.54, 1.807) is 0 Å². The van der Waals surface area contributed by atoms with Gasteiger partial charge in [0.2, 0.25) is 0 Å². The van der Waals surface area contributed by atoms with Gasteiger partial charge in [-0.25, -0.2) is 4.59 Å². The van der Waals surface area contributed by atoms with Crippen LogP contribution in [-0.4, -0.2) is 36.4 Å². The van der Waals surface area contributed by atoms with Crippen LogP contribution in [0, 0.1) is 6.92 Å². The molecular formula is C11H18N3+. The molecule has 0 spiro atoms. The monoisotopic (exact) mass is 192 g/mol. The zero-order valence-corrected chi connectivity index (χ0v) is 9.57. The molecule has 0 radical (unpaired) electrons. The van der Waals surface area contributed by atoms with E-state index < -0.39 is 0 Å². The molecule has 0 aromatic carbocycles. The first-order valence-corrected chi connectivity index (χ1v) is 4.71. The van der Waals surface area contributed by atoms with E-state index in [0.717, 1.165) is 17.1 Å². The van der Waals surface area contributed by atoms with E-state index in [9.17, 15) is 0 Å². The summed E-state index contributed by atoms with van der Waals surface area (Å²) in [6.45, 7) is 3.98. The van der Waals surface area contributed by atoms with E-state index in [-0.39, 0.29) is 0 Å². The Labute approximate surface area is 85.7 Å². The fourth-order valence-electron chi connectivity index (χ4n) is 1.25. The van der Waals surface area contributed by atoms with Crippen molar-refractivity contribution in [2.24, 2.45) is 5.10 Å². The lowest BCUT2D eigenvalue weighted by Gasteiger charge is -2.16. The number of aryl methyl sites for hydroxylation is 1. The van der Waals surface area contributed by atoms with Gasteiger partial charge in [0.05, 0.1) is 26.8 Å². The Kier molecular flexibility index (Phi) is 3.01. The fraction of sp³-hybridized carbons (Fsp3) is 0.455. The van der Waals surface area contributed by atoms with Crippen LogP contribution in [-0.2, 0) is 0 Å². The molecule has 1 aromatic rings. The number of nitrogens with zero attached hydrogens (tertiary/aromatic N) is 3. The van der Waals surface area contributed by atoms with E-state index in [1.807, 2.05) is 53.2 Å². The highest BCUT2D eigenvalue weighted by Crippen LogP contribution is 2.02. The average molecular weight is 192 g/mol. The summed E-state index contributed by atoms with van der Waals surface area (Å²) in [5.41, 5.74) is 2.96. The van der Waals surface area contributed by atoms with Crippen LogP contribution in [0.2, 0.25) is 0 Å². The molecule has 76 valence electrons. The zero-order valence-electron chi connectivity index (χ0n) is 9.57. The van der Waals surface area contributed by atoms with E-state index in [4.69, 9.17) is 0 Å². The van der Waals surface area contributed by atoms with Crippen LogP contribution >= 0.6 is 0 Å². The third kappa shape index (κ3) is 3.26. The largest absolute Gasteiger partial charge is 0.252 e. The first kappa shape index (κ1) is 10.9. The van der Waals surface area contributed by atoms with Crippen LogP contribution in [0.5, 0.6) is 0 Å². The van der Waals surface area contributed by atoms with Gasteiger partial charge in [-0.2, -0.15) is 0 Å².